The van der Waals surface area contributed by atoms with Crippen molar-refractivity contribution >= 4 is 16.8 Å². The van der Waals surface area contributed by atoms with E-state index in [0.717, 1.165) is 18.4 Å². The van der Waals surface area contributed by atoms with Crippen LogP contribution in [0.3, 0.4) is 0 Å². The Morgan fingerprint density at radius 1 is 1.11 bits per heavy atom. The van der Waals surface area contributed by atoms with Gasteiger partial charge in [-0.1, -0.05) is 48.5 Å². The van der Waals surface area contributed by atoms with Crippen molar-refractivity contribution in [1.29, 1.82) is 0 Å². The zero-order valence-electron chi connectivity index (χ0n) is 15.8. The highest BCUT2D eigenvalue weighted by atomic mass is 16.5. The molecule has 1 aliphatic heterocycles. The van der Waals surface area contributed by atoms with Crippen LogP contribution in [0.25, 0.3) is 10.9 Å². The molecule has 4 rings (SSSR count). The molecule has 2 heterocycles. The summed E-state index contributed by atoms with van der Waals surface area (Å²) in [5.74, 6) is 0.236. The molecule has 0 saturated carbocycles. The number of hydrogen-bond donors (Lipinski definition) is 0. The van der Waals surface area contributed by atoms with E-state index >= 15 is 0 Å². The normalized spacial score (nSPS) is 17.4. The zero-order valence-corrected chi connectivity index (χ0v) is 15.8. The molecule has 4 heteroatoms. The van der Waals surface area contributed by atoms with E-state index in [2.05, 4.69) is 54.2 Å². The molecule has 3 aromatic rings. The van der Waals surface area contributed by atoms with E-state index in [1.54, 1.807) is 0 Å². The van der Waals surface area contributed by atoms with Crippen LogP contribution in [0.1, 0.15) is 30.1 Å². The molecule has 0 spiro atoms. The summed E-state index contributed by atoms with van der Waals surface area (Å²) in [4.78, 5) is 14.7. The van der Waals surface area contributed by atoms with E-state index in [9.17, 15) is 4.79 Å². The number of hydrogen-bond acceptors (Lipinski definition) is 2. The summed E-state index contributed by atoms with van der Waals surface area (Å²) in [6, 6.07) is 18.6. The number of aromatic nitrogens is 1. The Bertz CT molecular complexity index is 917. The predicted octanol–water partition coefficient (Wildman–Crippen LogP) is 4.10. The molecule has 1 atom stereocenters. The first-order chi connectivity index (χ1) is 13.2. The first-order valence-corrected chi connectivity index (χ1v) is 9.69. The monoisotopic (exact) mass is 362 g/mol. The van der Waals surface area contributed by atoms with E-state index < -0.39 is 0 Å². The maximum absolute atomic E-state index is 12.7. The molecule has 1 aliphatic rings. The second kappa shape index (κ2) is 7.97. The number of rotatable bonds is 5. The molecule has 2 aromatic carbocycles. The molecule has 1 amide bonds. The van der Waals surface area contributed by atoms with Crippen LogP contribution in [0.2, 0.25) is 0 Å². The van der Waals surface area contributed by atoms with Crippen LogP contribution in [0.4, 0.5) is 0 Å². The zero-order chi connectivity index (χ0) is 18.6. The number of carbonyl (C=O) groups is 1. The highest BCUT2D eigenvalue weighted by Gasteiger charge is 2.24. The third-order valence-electron chi connectivity index (χ3n) is 5.41. The number of carbonyl (C=O) groups excluding carboxylic acids is 1. The van der Waals surface area contributed by atoms with Crippen molar-refractivity contribution < 1.29 is 9.53 Å². The van der Waals surface area contributed by atoms with Gasteiger partial charge in [-0.25, -0.2) is 0 Å². The van der Waals surface area contributed by atoms with Crippen molar-refractivity contribution in [3.05, 3.63) is 71.9 Å². The van der Waals surface area contributed by atoms with Crippen molar-refractivity contribution in [2.45, 2.75) is 25.4 Å². The summed E-state index contributed by atoms with van der Waals surface area (Å²) >= 11 is 0. The highest BCUT2D eigenvalue weighted by Crippen LogP contribution is 2.24. The number of benzene rings is 2. The van der Waals surface area contributed by atoms with Crippen LogP contribution in [0, 0.1) is 0 Å². The lowest BCUT2D eigenvalue weighted by molar-refractivity contribution is -0.139. The minimum atomic E-state index is -0.0121. The summed E-state index contributed by atoms with van der Waals surface area (Å²) < 4.78 is 8.04. The molecule has 1 fully saturated rings. The predicted molar refractivity (Wildman–Crippen MR) is 108 cm³/mol. The Kier molecular flexibility index (Phi) is 5.26. The summed E-state index contributed by atoms with van der Waals surface area (Å²) in [6.45, 7) is 1.95. The van der Waals surface area contributed by atoms with Gasteiger partial charge in [0.15, 0.2) is 0 Å². The van der Waals surface area contributed by atoms with Gasteiger partial charge in [0, 0.05) is 37.1 Å². The van der Waals surface area contributed by atoms with E-state index in [-0.39, 0.29) is 12.0 Å². The minimum Gasteiger partial charge on any atom is -0.370 e. The number of aryl methyl sites for hydroxylation is 2. The Morgan fingerprint density at radius 2 is 1.89 bits per heavy atom. The smallest absolute Gasteiger partial charge is 0.222 e. The lowest BCUT2D eigenvalue weighted by Gasteiger charge is -2.33. The molecule has 0 N–H and O–H groups in total. The SMILES string of the molecule is Cn1cc(CCCC(=O)N2CCO[C@@H](c3ccccc3)C2)c2ccccc21. The minimum absolute atomic E-state index is 0.0121. The van der Waals surface area contributed by atoms with Crippen molar-refractivity contribution in [2.24, 2.45) is 7.05 Å². The van der Waals surface area contributed by atoms with Gasteiger partial charge in [0.2, 0.25) is 5.91 Å². The molecule has 0 aliphatic carbocycles. The van der Waals surface area contributed by atoms with Crippen LogP contribution >= 0.6 is 0 Å². The molecule has 0 radical (unpaired) electrons. The second-order valence-electron chi connectivity index (χ2n) is 7.25. The first kappa shape index (κ1) is 17.8. The highest BCUT2D eigenvalue weighted by molar-refractivity contribution is 5.84. The number of para-hydroxylation sites is 1. The van der Waals surface area contributed by atoms with E-state index in [4.69, 9.17) is 4.74 Å². The largest absolute Gasteiger partial charge is 0.370 e. The van der Waals surface area contributed by atoms with Gasteiger partial charge in [0.25, 0.3) is 0 Å². The van der Waals surface area contributed by atoms with E-state index in [1.807, 2.05) is 23.1 Å². The van der Waals surface area contributed by atoms with Crippen LogP contribution in [-0.2, 0) is 23.0 Å². The van der Waals surface area contributed by atoms with E-state index in [0.29, 0.717) is 26.1 Å². The quantitative estimate of drug-likeness (QED) is 0.685. The third-order valence-corrected chi connectivity index (χ3v) is 5.41. The number of amides is 1. The van der Waals surface area contributed by atoms with Crippen molar-refractivity contribution in [1.82, 2.24) is 9.47 Å². The standard InChI is InChI=1S/C23H26N2O2/c1-24-16-19(20-11-5-6-12-21(20)24)10-7-13-23(26)25-14-15-27-22(17-25)18-8-3-2-4-9-18/h2-6,8-9,11-12,16,22H,7,10,13-15,17H2,1H3/t22-/m1/s1. The number of nitrogens with zero attached hydrogens (tertiary/aromatic N) is 2. The van der Waals surface area contributed by atoms with Crippen molar-refractivity contribution in [2.75, 3.05) is 19.7 Å². The van der Waals surface area contributed by atoms with Crippen LogP contribution in [-0.4, -0.2) is 35.1 Å². The summed E-state index contributed by atoms with van der Waals surface area (Å²) in [6.07, 6.45) is 4.57. The van der Waals surface area contributed by atoms with Gasteiger partial charge in [0.1, 0.15) is 6.10 Å². The topological polar surface area (TPSA) is 34.5 Å². The number of morpholine rings is 1. The fraction of sp³-hybridized carbons (Fsp3) is 0.348. The van der Waals surface area contributed by atoms with Gasteiger partial charge < -0.3 is 14.2 Å². The van der Waals surface area contributed by atoms with Gasteiger partial charge in [0.05, 0.1) is 13.2 Å². The van der Waals surface area contributed by atoms with E-state index in [1.165, 1.54) is 16.5 Å². The van der Waals surface area contributed by atoms with Crippen LogP contribution in [0.15, 0.2) is 60.8 Å². The molecule has 1 saturated heterocycles. The fourth-order valence-electron chi connectivity index (χ4n) is 3.96. The van der Waals surface area contributed by atoms with Crippen LogP contribution in [0.5, 0.6) is 0 Å². The maximum Gasteiger partial charge on any atom is 0.222 e. The summed E-state index contributed by atoms with van der Waals surface area (Å²) in [7, 11) is 2.08. The average molecular weight is 362 g/mol. The van der Waals surface area contributed by atoms with Gasteiger partial charge in [-0.2, -0.15) is 0 Å². The Labute approximate surface area is 160 Å². The summed E-state index contributed by atoms with van der Waals surface area (Å²) in [5, 5.41) is 1.29. The van der Waals surface area contributed by atoms with Crippen LogP contribution < -0.4 is 0 Å². The molecule has 0 unspecified atom stereocenters. The maximum atomic E-state index is 12.7. The molecule has 4 nitrogen and oxygen atoms in total. The molecule has 27 heavy (non-hydrogen) atoms. The number of fused-ring (bicyclic) bond motifs is 1. The fourth-order valence-corrected chi connectivity index (χ4v) is 3.96. The first-order valence-electron chi connectivity index (χ1n) is 9.69. The molecular weight excluding hydrogens is 336 g/mol. The summed E-state index contributed by atoms with van der Waals surface area (Å²) in [5.41, 5.74) is 3.72. The lowest BCUT2D eigenvalue weighted by Crippen LogP contribution is -2.42. The van der Waals surface area contributed by atoms with Gasteiger partial charge in [-0.3, -0.25) is 4.79 Å². The van der Waals surface area contributed by atoms with Gasteiger partial charge in [-0.15, -0.1) is 0 Å². The average Bonchev–Trinajstić information content (AvgIpc) is 3.05. The Morgan fingerprint density at radius 3 is 2.74 bits per heavy atom. The number of ether oxygens (including phenoxy) is 1. The molecular formula is C23H26N2O2. The lowest BCUT2D eigenvalue weighted by atomic mass is 10.1. The van der Waals surface area contributed by atoms with Gasteiger partial charge >= 0.3 is 0 Å². The molecule has 140 valence electrons. The Balaban J connectivity index is 1.34. The van der Waals surface area contributed by atoms with Crippen molar-refractivity contribution in [3.63, 3.8) is 0 Å². The molecule has 0 bridgehead atoms. The second-order valence-corrected chi connectivity index (χ2v) is 7.25. The van der Waals surface area contributed by atoms with Gasteiger partial charge in [-0.05, 0) is 30.0 Å². The van der Waals surface area contributed by atoms with Crippen molar-refractivity contribution in [3.8, 4) is 0 Å². The third kappa shape index (κ3) is 3.91. The molecule has 1 aromatic heterocycles. The Hall–Kier alpha value is -2.59.